The van der Waals surface area contributed by atoms with Gasteiger partial charge in [0.25, 0.3) is 0 Å². The summed E-state index contributed by atoms with van der Waals surface area (Å²) in [5.74, 6) is 6.33. The van der Waals surface area contributed by atoms with E-state index in [1.54, 1.807) is 0 Å². The fourth-order valence-electron chi connectivity index (χ4n) is 1.68. The Hall–Kier alpha value is -1.50. The molecule has 0 atom stereocenters. The zero-order valence-corrected chi connectivity index (χ0v) is 12.9. The van der Waals surface area contributed by atoms with E-state index in [0.717, 1.165) is 24.3 Å². The van der Waals surface area contributed by atoms with Crippen molar-refractivity contribution in [3.05, 3.63) is 29.8 Å². The highest BCUT2D eigenvalue weighted by Crippen LogP contribution is 2.16. The largest absolute Gasteiger partial charge is 0.492 e. The average molecular weight is 275 g/mol. The molecule has 3 heteroatoms. The first kappa shape index (κ1) is 16.6. The van der Waals surface area contributed by atoms with Crippen LogP contribution >= 0.6 is 0 Å². The molecule has 1 aromatic rings. The second-order valence-electron chi connectivity index (χ2n) is 5.42. The molecular formula is C17H25NO2. The minimum Gasteiger partial charge on any atom is -0.492 e. The normalized spacial score (nSPS) is 11.1. The standard InChI is InChI=1S/C17H25NO2/c1-5-17(2,3)18(4)11-13-20-16-10-6-8-15(14-16)9-7-12-19/h6,8,10,14,19H,5,11-13H2,1-4H3. The van der Waals surface area contributed by atoms with Crippen LogP contribution in [0.15, 0.2) is 24.3 Å². The van der Waals surface area contributed by atoms with Gasteiger partial charge in [-0.25, -0.2) is 0 Å². The number of nitrogens with zero attached hydrogens (tertiary/aromatic N) is 1. The van der Waals surface area contributed by atoms with Crippen LogP contribution in [0.4, 0.5) is 0 Å². The van der Waals surface area contributed by atoms with Gasteiger partial charge in [-0.15, -0.1) is 0 Å². The van der Waals surface area contributed by atoms with Gasteiger partial charge in [0.2, 0.25) is 0 Å². The van der Waals surface area contributed by atoms with Crippen LogP contribution in [0.1, 0.15) is 32.8 Å². The molecule has 0 fully saturated rings. The first-order chi connectivity index (χ1) is 9.49. The molecule has 0 saturated carbocycles. The summed E-state index contributed by atoms with van der Waals surface area (Å²) in [6, 6.07) is 7.64. The summed E-state index contributed by atoms with van der Waals surface area (Å²) < 4.78 is 5.77. The topological polar surface area (TPSA) is 32.7 Å². The van der Waals surface area contributed by atoms with Gasteiger partial charge in [-0.05, 0) is 45.5 Å². The maximum absolute atomic E-state index is 8.69. The summed E-state index contributed by atoms with van der Waals surface area (Å²) >= 11 is 0. The third kappa shape index (κ3) is 5.24. The second kappa shape index (κ2) is 7.94. The lowest BCUT2D eigenvalue weighted by molar-refractivity contribution is 0.125. The van der Waals surface area contributed by atoms with E-state index in [1.807, 2.05) is 24.3 Å². The Kier molecular flexibility index (Phi) is 6.57. The maximum Gasteiger partial charge on any atom is 0.120 e. The van der Waals surface area contributed by atoms with Gasteiger partial charge in [0.15, 0.2) is 0 Å². The van der Waals surface area contributed by atoms with E-state index in [2.05, 4.69) is 44.6 Å². The molecular weight excluding hydrogens is 250 g/mol. The average Bonchev–Trinajstić information content (AvgIpc) is 2.45. The molecule has 0 bridgehead atoms. The first-order valence-corrected chi connectivity index (χ1v) is 7.03. The van der Waals surface area contributed by atoms with Crippen LogP contribution in [-0.2, 0) is 0 Å². The second-order valence-corrected chi connectivity index (χ2v) is 5.42. The molecule has 1 N–H and O–H groups in total. The minimum atomic E-state index is -0.123. The number of ether oxygens (including phenoxy) is 1. The fraction of sp³-hybridized carbons (Fsp3) is 0.529. The molecule has 110 valence electrons. The summed E-state index contributed by atoms with van der Waals surface area (Å²) in [6.07, 6.45) is 1.11. The molecule has 0 aliphatic heterocycles. The SMILES string of the molecule is CCC(C)(C)N(C)CCOc1cccc(C#CCO)c1. The number of likely N-dealkylation sites (N-methyl/N-ethyl adjacent to an activating group) is 1. The van der Waals surface area contributed by atoms with E-state index in [1.165, 1.54) is 0 Å². The Labute approximate surface area is 122 Å². The van der Waals surface area contributed by atoms with Crippen LogP contribution in [0.5, 0.6) is 5.75 Å². The third-order valence-electron chi connectivity index (χ3n) is 3.74. The predicted octanol–water partition coefficient (Wildman–Crippen LogP) is 2.53. The Morgan fingerprint density at radius 3 is 2.75 bits per heavy atom. The highest BCUT2D eigenvalue weighted by molar-refractivity contribution is 5.39. The molecule has 0 saturated heterocycles. The molecule has 0 aliphatic carbocycles. The van der Waals surface area contributed by atoms with Crippen molar-refractivity contribution in [3.8, 4) is 17.6 Å². The van der Waals surface area contributed by atoms with Gasteiger partial charge in [-0.2, -0.15) is 0 Å². The Morgan fingerprint density at radius 1 is 1.35 bits per heavy atom. The van der Waals surface area contributed by atoms with Gasteiger partial charge >= 0.3 is 0 Å². The molecule has 0 unspecified atom stereocenters. The molecule has 0 heterocycles. The molecule has 0 spiro atoms. The summed E-state index contributed by atoms with van der Waals surface area (Å²) in [4.78, 5) is 2.31. The van der Waals surface area contributed by atoms with E-state index < -0.39 is 0 Å². The third-order valence-corrected chi connectivity index (χ3v) is 3.74. The van der Waals surface area contributed by atoms with E-state index in [-0.39, 0.29) is 12.1 Å². The number of hydrogen-bond acceptors (Lipinski definition) is 3. The Bertz CT molecular complexity index is 471. The highest BCUT2D eigenvalue weighted by Gasteiger charge is 2.20. The molecule has 1 rings (SSSR count). The van der Waals surface area contributed by atoms with Crippen molar-refractivity contribution in [2.45, 2.75) is 32.7 Å². The van der Waals surface area contributed by atoms with Gasteiger partial charge in [0.05, 0.1) is 0 Å². The van der Waals surface area contributed by atoms with Crippen molar-refractivity contribution in [1.29, 1.82) is 0 Å². The van der Waals surface area contributed by atoms with Crippen LogP contribution in [-0.4, -0.2) is 42.4 Å². The number of hydrogen-bond donors (Lipinski definition) is 1. The van der Waals surface area contributed by atoms with E-state index in [0.29, 0.717) is 6.61 Å². The van der Waals surface area contributed by atoms with Crippen molar-refractivity contribution in [1.82, 2.24) is 4.90 Å². The first-order valence-electron chi connectivity index (χ1n) is 7.03. The van der Waals surface area contributed by atoms with Gasteiger partial charge in [-0.1, -0.05) is 24.8 Å². The number of rotatable bonds is 6. The maximum atomic E-state index is 8.69. The van der Waals surface area contributed by atoms with Gasteiger partial charge in [-0.3, -0.25) is 4.90 Å². The van der Waals surface area contributed by atoms with Gasteiger partial charge < -0.3 is 9.84 Å². The lowest BCUT2D eigenvalue weighted by atomic mass is 10.0. The van der Waals surface area contributed by atoms with Crippen molar-refractivity contribution < 1.29 is 9.84 Å². The molecule has 0 aliphatic rings. The van der Waals surface area contributed by atoms with Gasteiger partial charge in [0.1, 0.15) is 19.0 Å². The zero-order chi connectivity index (χ0) is 15.0. The molecule has 0 amide bonds. The fourth-order valence-corrected chi connectivity index (χ4v) is 1.68. The van der Waals surface area contributed by atoms with Crippen molar-refractivity contribution in [2.24, 2.45) is 0 Å². The Morgan fingerprint density at radius 2 is 2.10 bits per heavy atom. The van der Waals surface area contributed by atoms with Crippen LogP contribution in [0, 0.1) is 11.8 Å². The summed E-state index contributed by atoms with van der Waals surface area (Å²) in [6.45, 7) is 8.07. The highest BCUT2D eigenvalue weighted by atomic mass is 16.5. The molecule has 20 heavy (non-hydrogen) atoms. The summed E-state index contributed by atoms with van der Waals surface area (Å²) in [5.41, 5.74) is 1.05. The summed E-state index contributed by atoms with van der Waals surface area (Å²) in [7, 11) is 2.12. The lowest BCUT2D eigenvalue weighted by Crippen LogP contribution is -2.42. The lowest BCUT2D eigenvalue weighted by Gasteiger charge is -2.34. The van der Waals surface area contributed by atoms with E-state index in [4.69, 9.17) is 9.84 Å². The monoisotopic (exact) mass is 275 g/mol. The zero-order valence-electron chi connectivity index (χ0n) is 12.9. The predicted molar refractivity (Wildman–Crippen MR) is 82.9 cm³/mol. The van der Waals surface area contributed by atoms with Crippen molar-refractivity contribution in [3.63, 3.8) is 0 Å². The molecule has 3 nitrogen and oxygen atoms in total. The van der Waals surface area contributed by atoms with Crippen molar-refractivity contribution >= 4 is 0 Å². The van der Waals surface area contributed by atoms with Crippen molar-refractivity contribution in [2.75, 3.05) is 26.8 Å². The molecule has 0 radical (unpaired) electrons. The molecule has 0 aromatic heterocycles. The number of aliphatic hydroxyl groups is 1. The van der Waals surface area contributed by atoms with Crippen LogP contribution in [0.2, 0.25) is 0 Å². The number of benzene rings is 1. The van der Waals surface area contributed by atoms with Crippen LogP contribution in [0.3, 0.4) is 0 Å². The minimum absolute atomic E-state index is 0.123. The quantitative estimate of drug-likeness (QED) is 0.810. The van der Waals surface area contributed by atoms with Crippen LogP contribution in [0.25, 0.3) is 0 Å². The van der Waals surface area contributed by atoms with Gasteiger partial charge in [0, 0.05) is 17.6 Å². The summed E-state index contributed by atoms with van der Waals surface area (Å²) in [5, 5.41) is 8.69. The molecule has 1 aromatic carbocycles. The van der Waals surface area contributed by atoms with E-state index in [9.17, 15) is 0 Å². The smallest absolute Gasteiger partial charge is 0.120 e. The number of aliphatic hydroxyl groups excluding tert-OH is 1. The van der Waals surface area contributed by atoms with E-state index >= 15 is 0 Å². The Balaban J connectivity index is 2.50. The van der Waals surface area contributed by atoms with Crippen LogP contribution < -0.4 is 4.74 Å².